The van der Waals surface area contributed by atoms with E-state index < -0.39 is 0 Å². The van der Waals surface area contributed by atoms with E-state index >= 15 is 0 Å². The average Bonchev–Trinajstić information content (AvgIpc) is 3.37. The predicted molar refractivity (Wildman–Crippen MR) is 88.1 cm³/mol. The Morgan fingerprint density at radius 3 is 2.57 bits per heavy atom. The summed E-state index contributed by atoms with van der Waals surface area (Å²) in [5.41, 5.74) is -0.0165. The molecule has 23 heavy (non-hydrogen) atoms. The van der Waals surface area contributed by atoms with Crippen LogP contribution in [-0.4, -0.2) is 52.5 Å². The minimum absolute atomic E-state index is 0.0165. The van der Waals surface area contributed by atoms with Gasteiger partial charge in [0.1, 0.15) is 6.54 Å². The lowest BCUT2D eigenvalue weighted by Gasteiger charge is -2.36. The monoisotopic (exact) mass is 315 g/mol. The van der Waals surface area contributed by atoms with Crippen LogP contribution in [0, 0.1) is 11.8 Å². The van der Waals surface area contributed by atoms with E-state index in [1.165, 1.54) is 50.9 Å². The van der Waals surface area contributed by atoms with Gasteiger partial charge in [0.25, 0.3) is 0 Å². The number of rotatable bonds is 4. The summed E-state index contributed by atoms with van der Waals surface area (Å²) in [5, 5.41) is 0. The molecule has 0 radical (unpaired) electrons. The lowest BCUT2D eigenvalue weighted by atomic mass is 9.95. The van der Waals surface area contributed by atoms with Gasteiger partial charge in [0.15, 0.2) is 5.43 Å². The molecule has 1 aromatic rings. The summed E-state index contributed by atoms with van der Waals surface area (Å²) < 4.78 is 1.80. The van der Waals surface area contributed by atoms with Gasteiger partial charge in [0.05, 0.1) is 0 Å². The third-order valence-electron chi connectivity index (χ3n) is 5.55. The standard InChI is InChI=1S/C18H25N3O2/c22-17-5-7-19(8-6-17)13-18(23)21-11-15-3-4-16(12-21)20(10-15)9-14-1-2-14/h5-8,14-16H,1-4,9-13H2/t15-,16-/m0/s1. The van der Waals surface area contributed by atoms with E-state index in [1.54, 1.807) is 17.0 Å². The van der Waals surface area contributed by atoms with Crippen molar-refractivity contribution >= 4 is 5.91 Å². The molecule has 3 aliphatic heterocycles. The highest BCUT2D eigenvalue weighted by Gasteiger charge is 2.38. The summed E-state index contributed by atoms with van der Waals surface area (Å²) in [6, 6.07) is 3.57. The van der Waals surface area contributed by atoms with Crippen molar-refractivity contribution in [2.24, 2.45) is 11.8 Å². The summed E-state index contributed by atoms with van der Waals surface area (Å²) in [4.78, 5) is 28.6. The second kappa shape index (κ2) is 6.11. The van der Waals surface area contributed by atoms with E-state index in [0.29, 0.717) is 18.5 Å². The lowest BCUT2D eigenvalue weighted by molar-refractivity contribution is -0.132. The number of nitrogens with zero attached hydrogens (tertiary/aromatic N) is 3. The van der Waals surface area contributed by atoms with Crippen molar-refractivity contribution in [2.75, 3.05) is 26.2 Å². The molecular weight excluding hydrogens is 290 g/mol. The zero-order chi connectivity index (χ0) is 15.8. The molecule has 1 amide bonds. The van der Waals surface area contributed by atoms with Gasteiger partial charge in [-0.05, 0) is 37.5 Å². The van der Waals surface area contributed by atoms with Crippen molar-refractivity contribution in [3.8, 4) is 0 Å². The number of piperidine rings is 1. The van der Waals surface area contributed by atoms with Gasteiger partial charge >= 0.3 is 0 Å². The van der Waals surface area contributed by atoms with E-state index in [0.717, 1.165) is 19.0 Å². The summed E-state index contributed by atoms with van der Waals surface area (Å²) in [7, 11) is 0. The fourth-order valence-electron chi connectivity index (χ4n) is 4.04. The van der Waals surface area contributed by atoms with E-state index in [9.17, 15) is 9.59 Å². The summed E-state index contributed by atoms with van der Waals surface area (Å²) in [6.45, 7) is 4.52. The predicted octanol–water partition coefficient (Wildman–Crippen LogP) is 1.18. The maximum atomic E-state index is 12.7. The Morgan fingerprint density at radius 1 is 1.04 bits per heavy atom. The quantitative estimate of drug-likeness (QED) is 0.838. The van der Waals surface area contributed by atoms with E-state index in [-0.39, 0.29) is 11.3 Å². The van der Waals surface area contributed by atoms with Gasteiger partial charge in [-0.15, -0.1) is 0 Å². The normalized spacial score (nSPS) is 27.9. The molecule has 1 aromatic heterocycles. The van der Waals surface area contributed by atoms with Crippen LogP contribution in [-0.2, 0) is 11.3 Å². The molecule has 4 aliphatic rings. The van der Waals surface area contributed by atoms with Crippen LogP contribution in [0.3, 0.4) is 0 Å². The first-order valence-corrected chi connectivity index (χ1v) is 8.85. The van der Waals surface area contributed by atoms with E-state index in [1.807, 2.05) is 0 Å². The number of carbonyl (C=O) groups is 1. The van der Waals surface area contributed by atoms with Crippen LogP contribution < -0.4 is 5.43 Å². The second-order valence-electron chi connectivity index (χ2n) is 7.50. The largest absolute Gasteiger partial charge is 0.345 e. The van der Waals surface area contributed by atoms with Crippen LogP contribution in [0.5, 0.6) is 0 Å². The van der Waals surface area contributed by atoms with Crippen LogP contribution in [0.15, 0.2) is 29.3 Å². The fraction of sp³-hybridized carbons (Fsp3) is 0.667. The van der Waals surface area contributed by atoms with Gasteiger partial charge in [-0.1, -0.05) is 0 Å². The Hall–Kier alpha value is -1.62. The Bertz CT molecular complexity index is 617. The molecule has 0 N–H and O–H groups in total. The third kappa shape index (κ3) is 3.50. The smallest absolute Gasteiger partial charge is 0.242 e. The zero-order valence-corrected chi connectivity index (χ0v) is 13.6. The highest BCUT2D eigenvalue weighted by Crippen LogP contribution is 2.34. The molecular formula is C18H25N3O2. The summed E-state index contributed by atoms with van der Waals surface area (Å²) in [5.74, 6) is 1.73. The molecule has 2 bridgehead atoms. The molecule has 0 aromatic carbocycles. The fourth-order valence-corrected chi connectivity index (χ4v) is 4.04. The Morgan fingerprint density at radius 2 is 1.83 bits per heavy atom. The molecule has 2 atom stereocenters. The Kier molecular flexibility index (Phi) is 3.97. The Labute approximate surface area is 136 Å². The van der Waals surface area contributed by atoms with Gasteiger partial charge in [-0.2, -0.15) is 0 Å². The van der Waals surface area contributed by atoms with Crippen molar-refractivity contribution in [3.05, 3.63) is 34.7 Å². The maximum Gasteiger partial charge on any atom is 0.242 e. The van der Waals surface area contributed by atoms with Gasteiger partial charge in [-0.25, -0.2) is 0 Å². The number of hydrogen-bond donors (Lipinski definition) is 0. The SMILES string of the molecule is O=C(Cn1ccc(=O)cc1)N1C[C@H]2CC[C@@H](C1)N(CC1CC1)C2. The minimum atomic E-state index is -0.0165. The van der Waals surface area contributed by atoms with Gasteiger partial charge < -0.3 is 9.47 Å². The van der Waals surface area contributed by atoms with Crippen LogP contribution in [0.4, 0.5) is 0 Å². The summed E-state index contributed by atoms with van der Waals surface area (Å²) in [6.07, 6.45) is 8.68. The Balaban J connectivity index is 1.41. The highest BCUT2D eigenvalue weighted by atomic mass is 16.2. The van der Waals surface area contributed by atoms with Crippen LogP contribution in [0.25, 0.3) is 0 Å². The number of pyridine rings is 1. The van der Waals surface area contributed by atoms with Gasteiger partial charge in [0, 0.05) is 56.7 Å². The molecule has 0 spiro atoms. The molecule has 5 heteroatoms. The molecule has 5 nitrogen and oxygen atoms in total. The molecule has 124 valence electrons. The number of amides is 1. The summed E-state index contributed by atoms with van der Waals surface area (Å²) >= 11 is 0. The van der Waals surface area contributed by atoms with Crippen molar-refractivity contribution in [3.63, 3.8) is 0 Å². The number of fused-ring (bicyclic) bond motifs is 4. The molecule has 1 aliphatic carbocycles. The second-order valence-corrected chi connectivity index (χ2v) is 7.50. The highest BCUT2D eigenvalue weighted by molar-refractivity contribution is 5.76. The molecule has 4 fully saturated rings. The van der Waals surface area contributed by atoms with Gasteiger partial charge in [0.2, 0.25) is 5.91 Å². The molecule has 1 saturated carbocycles. The van der Waals surface area contributed by atoms with Crippen LogP contribution in [0.2, 0.25) is 0 Å². The molecule has 4 heterocycles. The first kappa shape index (κ1) is 14.9. The van der Waals surface area contributed by atoms with Crippen molar-refractivity contribution in [2.45, 2.75) is 38.3 Å². The third-order valence-corrected chi connectivity index (χ3v) is 5.55. The zero-order valence-electron chi connectivity index (χ0n) is 13.6. The molecule has 0 unspecified atom stereocenters. The van der Waals surface area contributed by atoms with Crippen LogP contribution >= 0.6 is 0 Å². The number of carbonyl (C=O) groups excluding carboxylic acids is 1. The molecule has 3 saturated heterocycles. The van der Waals surface area contributed by atoms with Gasteiger partial charge in [-0.3, -0.25) is 14.5 Å². The van der Waals surface area contributed by atoms with Crippen molar-refractivity contribution in [1.29, 1.82) is 0 Å². The van der Waals surface area contributed by atoms with E-state index in [4.69, 9.17) is 0 Å². The van der Waals surface area contributed by atoms with Crippen molar-refractivity contribution in [1.82, 2.24) is 14.4 Å². The maximum absolute atomic E-state index is 12.7. The van der Waals surface area contributed by atoms with E-state index in [2.05, 4.69) is 9.80 Å². The first-order valence-electron chi connectivity index (χ1n) is 8.85. The first-order chi connectivity index (χ1) is 11.2. The van der Waals surface area contributed by atoms with Crippen molar-refractivity contribution < 1.29 is 4.79 Å². The topological polar surface area (TPSA) is 45.6 Å². The number of aromatic nitrogens is 1. The number of hydrogen-bond acceptors (Lipinski definition) is 3. The minimum Gasteiger partial charge on any atom is -0.345 e. The average molecular weight is 315 g/mol. The van der Waals surface area contributed by atoms with Crippen LogP contribution in [0.1, 0.15) is 25.7 Å². The molecule has 5 rings (SSSR count). The lowest BCUT2D eigenvalue weighted by Crippen LogP contribution is -2.45.